The smallest absolute Gasteiger partial charge is 0.276 e. The van der Waals surface area contributed by atoms with Crippen molar-refractivity contribution in [1.82, 2.24) is 0 Å². The molecule has 9 nitrogen and oxygen atoms in total. The van der Waals surface area contributed by atoms with E-state index in [0.717, 1.165) is 18.8 Å². The van der Waals surface area contributed by atoms with Crippen molar-refractivity contribution < 1.29 is 23.9 Å². The molecule has 1 aliphatic rings. The number of para-hydroxylation sites is 1. The second-order valence-corrected chi connectivity index (χ2v) is 6.92. The lowest BCUT2D eigenvalue weighted by atomic mass is 10.1. The number of benzene rings is 2. The van der Waals surface area contributed by atoms with E-state index in [0.29, 0.717) is 49.2 Å². The summed E-state index contributed by atoms with van der Waals surface area (Å²) in [6.07, 6.45) is 2.67. The number of amides is 1. The molecule has 1 heterocycles. The van der Waals surface area contributed by atoms with Gasteiger partial charge in [-0.15, -0.1) is 0 Å². The Morgan fingerprint density at radius 2 is 1.84 bits per heavy atom. The zero-order valence-electron chi connectivity index (χ0n) is 18.2. The van der Waals surface area contributed by atoms with Gasteiger partial charge in [-0.3, -0.25) is 14.9 Å². The average molecular weight is 441 g/mol. The van der Waals surface area contributed by atoms with E-state index in [-0.39, 0.29) is 5.69 Å². The highest BCUT2D eigenvalue weighted by atomic mass is 16.6. The first-order valence-corrected chi connectivity index (χ1v) is 10.5. The third-order valence-corrected chi connectivity index (χ3v) is 4.82. The number of morpholine rings is 1. The number of ether oxygens (including phenoxy) is 3. The lowest BCUT2D eigenvalue weighted by Gasteiger charge is -2.31. The van der Waals surface area contributed by atoms with Gasteiger partial charge in [0.25, 0.3) is 5.69 Å². The first-order valence-electron chi connectivity index (χ1n) is 10.5. The average Bonchev–Trinajstić information content (AvgIpc) is 2.80. The quantitative estimate of drug-likeness (QED) is 0.358. The van der Waals surface area contributed by atoms with E-state index in [1.165, 1.54) is 18.2 Å². The van der Waals surface area contributed by atoms with Crippen molar-refractivity contribution in [2.24, 2.45) is 0 Å². The van der Waals surface area contributed by atoms with Gasteiger partial charge in [0.1, 0.15) is 11.5 Å². The molecule has 2 aromatic rings. The molecule has 2 aromatic carbocycles. The van der Waals surface area contributed by atoms with Gasteiger partial charge in [-0.2, -0.15) is 0 Å². The van der Waals surface area contributed by atoms with Crippen LogP contribution >= 0.6 is 0 Å². The molecule has 1 saturated heterocycles. The number of rotatable bonds is 9. The van der Waals surface area contributed by atoms with Crippen molar-refractivity contribution in [3.05, 3.63) is 58.2 Å². The molecule has 0 unspecified atom stereocenters. The predicted molar refractivity (Wildman–Crippen MR) is 123 cm³/mol. The summed E-state index contributed by atoms with van der Waals surface area (Å²) < 4.78 is 17.1. The molecule has 1 fully saturated rings. The van der Waals surface area contributed by atoms with Crippen LogP contribution in [0.3, 0.4) is 0 Å². The standard InChI is InChI=1S/C23H27N3O6/c1-3-31-21-16-20(25-11-13-30-14-12-25)22(32-4-2)15-18(21)24-23(27)10-9-17-7-5-6-8-19(17)26(28)29/h5-10,15-16H,3-4,11-14H2,1-2H3,(H,24,27). The van der Waals surface area contributed by atoms with Crippen LogP contribution in [0.1, 0.15) is 19.4 Å². The first kappa shape index (κ1) is 23.1. The molecular weight excluding hydrogens is 414 g/mol. The van der Waals surface area contributed by atoms with Gasteiger partial charge >= 0.3 is 0 Å². The summed E-state index contributed by atoms with van der Waals surface area (Å²) in [5, 5.41) is 14.0. The van der Waals surface area contributed by atoms with Crippen LogP contribution in [0.5, 0.6) is 11.5 Å². The van der Waals surface area contributed by atoms with Gasteiger partial charge in [-0.25, -0.2) is 0 Å². The Morgan fingerprint density at radius 3 is 2.53 bits per heavy atom. The van der Waals surface area contributed by atoms with Crippen LogP contribution in [0.15, 0.2) is 42.5 Å². The van der Waals surface area contributed by atoms with Gasteiger partial charge in [0, 0.05) is 37.4 Å². The summed E-state index contributed by atoms with van der Waals surface area (Å²) in [6.45, 7) is 7.38. The van der Waals surface area contributed by atoms with Crippen molar-refractivity contribution in [2.45, 2.75) is 13.8 Å². The molecule has 0 aliphatic carbocycles. The van der Waals surface area contributed by atoms with Gasteiger partial charge in [0.15, 0.2) is 0 Å². The topological polar surface area (TPSA) is 103 Å². The number of nitrogens with zero attached hydrogens (tertiary/aromatic N) is 2. The second-order valence-electron chi connectivity index (χ2n) is 6.92. The summed E-state index contributed by atoms with van der Waals surface area (Å²) in [4.78, 5) is 25.4. The van der Waals surface area contributed by atoms with E-state index in [1.54, 1.807) is 24.3 Å². The lowest BCUT2D eigenvalue weighted by Crippen LogP contribution is -2.36. The maximum absolute atomic E-state index is 12.6. The fourth-order valence-corrected chi connectivity index (χ4v) is 3.38. The second kappa shape index (κ2) is 11.1. The summed E-state index contributed by atoms with van der Waals surface area (Å²) in [6, 6.07) is 9.84. The van der Waals surface area contributed by atoms with Gasteiger partial charge in [0.05, 0.1) is 48.3 Å². The number of carbonyl (C=O) groups is 1. The van der Waals surface area contributed by atoms with Gasteiger partial charge < -0.3 is 24.4 Å². The van der Waals surface area contributed by atoms with Crippen molar-refractivity contribution in [1.29, 1.82) is 0 Å². The fraction of sp³-hybridized carbons (Fsp3) is 0.348. The summed E-state index contributed by atoms with van der Waals surface area (Å²) in [5.41, 5.74) is 1.62. The molecule has 1 N–H and O–H groups in total. The molecule has 3 rings (SSSR count). The molecule has 1 amide bonds. The van der Waals surface area contributed by atoms with Crippen LogP contribution in [0, 0.1) is 10.1 Å². The Bertz CT molecular complexity index is 986. The minimum absolute atomic E-state index is 0.0694. The molecule has 0 bridgehead atoms. The third-order valence-electron chi connectivity index (χ3n) is 4.82. The number of nitrogens with one attached hydrogen (secondary N) is 1. The van der Waals surface area contributed by atoms with Crippen LogP contribution < -0.4 is 19.7 Å². The summed E-state index contributed by atoms with van der Waals surface area (Å²) in [5.74, 6) is 0.714. The lowest BCUT2D eigenvalue weighted by molar-refractivity contribution is -0.385. The number of hydrogen-bond donors (Lipinski definition) is 1. The molecule has 0 atom stereocenters. The Kier molecular flexibility index (Phi) is 8.04. The fourth-order valence-electron chi connectivity index (χ4n) is 3.38. The molecule has 1 aliphatic heterocycles. The van der Waals surface area contributed by atoms with E-state index < -0.39 is 10.8 Å². The third kappa shape index (κ3) is 5.76. The van der Waals surface area contributed by atoms with Crippen LogP contribution in [-0.4, -0.2) is 50.3 Å². The largest absolute Gasteiger partial charge is 0.492 e. The van der Waals surface area contributed by atoms with E-state index in [4.69, 9.17) is 14.2 Å². The Balaban J connectivity index is 1.86. The van der Waals surface area contributed by atoms with Crippen LogP contribution in [0.2, 0.25) is 0 Å². The Labute approximate surface area is 186 Å². The minimum atomic E-state index is -0.483. The number of nitro groups is 1. The summed E-state index contributed by atoms with van der Waals surface area (Å²) in [7, 11) is 0. The number of carbonyl (C=O) groups excluding carboxylic acids is 1. The number of anilines is 2. The van der Waals surface area contributed by atoms with Gasteiger partial charge in [0.2, 0.25) is 5.91 Å². The predicted octanol–water partition coefficient (Wildman–Crippen LogP) is 3.88. The molecule has 0 spiro atoms. The zero-order valence-corrected chi connectivity index (χ0v) is 18.2. The van der Waals surface area contributed by atoms with Crippen LogP contribution in [-0.2, 0) is 9.53 Å². The van der Waals surface area contributed by atoms with Crippen molar-refractivity contribution in [2.75, 3.05) is 49.7 Å². The maximum atomic E-state index is 12.6. The van der Waals surface area contributed by atoms with Crippen LogP contribution in [0.25, 0.3) is 6.08 Å². The minimum Gasteiger partial charge on any atom is -0.492 e. The normalized spacial score (nSPS) is 13.8. The highest BCUT2D eigenvalue weighted by molar-refractivity contribution is 6.03. The van der Waals surface area contributed by atoms with Crippen molar-refractivity contribution in [3.63, 3.8) is 0 Å². The molecular formula is C23H27N3O6. The van der Waals surface area contributed by atoms with Crippen molar-refractivity contribution in [3.8, 4) is 11.5 Å². The molecule has 0 saturated carbocycles. The molecule has 170 valence electrons. The monoisotopic (exact) mass is 441 g/mol. The van der Waals surface area contributed by atoms with Gasteiger partial charge in [-0.1, -0.05) is 12.1 Å². The van der Waals surface area contributed by atoms with Gasteiger partial charge in [-0.05, 0) is 26.0 Å². The first-order chi connectivity index (χ1) is 15.5. The SMILES string of the molecule is CCOc1cc(N2CCOCC2)c(OCC)cc1NC(=O)C=Cc1ccccc1[N+](=O)[O-]. The number of hydrogen-bond acceptors (Lipinski definition) is 7. The summed E-state index contributed by atoms with van der Waals surface area (Å²) >= 11 is 0. The van der Waals surface area contributed by atoms with E-state index >= 15 is 0 Å². The van der Waals surface area contributed by atoms with E-state index in [9.17, 15) is 14.9 Å². The van der Waals surface area contributed by atoms with Crippen LogP contribution in [0.4, 0.5) is 17.1 Å². The zero-order chi connectivity index (χ0) is 22.9. The van der Waals surface area contributed by atoms with Crippen molar-refractivity contribution >= 4 is 29.0 Å². The highest BCUT2D eigenvalue weighted by Gasteiger charge is 2.20. The molecule has 0 radical (unpaired) electrons. The molecule has 32 heavy (non-hydrogen) atoms. The maximum Gasteiger partial charge on any atom is 0.276 e. The van der Waals surface area contributed by atoms with E-state index in [2.05, 4.69) is 10.2 Å². The number of nitro benzene ring substituents is 1. The van der Waals surface area contributed by atoms with E-state index in [1.807, 2.05) is 19.9 Å². The highest BCUT2D eigenvalue weighted by Crippen LogP contribution is 2.39. The Morgan fingerprint density at radius 1 is 1.16 bits per heavy atom. The molecule has 9 heteroatoms. The molecule has 0 aromatic heterocycles. The Hall–Kier alpha value is -3.59.